The van der Waals surface area contributed by atoms with Crippen LogP contribution in [0.5, 0.6) is 5.75 Å². The van der Waals surface area contributed by atoms with Crippen LogP contribution in [0.25, 0.3) is 21.7 Å². The molecule has 0 aliphatic rings. The Balaban J connectivity index is 0.00000240. The van der Waals surface area contributed by atoms with Crippen molar-refractivity contribution in [3.8, 4) is 5.75 Å². The second-order valence-electron chi connectivity index (χ2n) is 6.02. The van der Waals surface area contributed by atoms with E-state index in [-0.39, 0.29) is 28.1 Å². The minimum atomic E-state index is -0.723. The van der Waals surface area contributed by atoms with Crippen LogP contribution in [-0.4, -0.2) is 22.3 Å². The zero-order valence-electron chi connectivity index (χ0n) is 14.7. The predicted molar refractivity (Wildman–Crippen MR) is 113 cm³/mol. The molecule has 0 atom stereocenters. The van der Waals surface area contributed by atoms with Crippen molar-refractivity contribution in [2.45, 2.75) is 0 Å². The number of fused-ring (bicyclic) bond motifs is 2. The topological polar surface area (TPSA) is 95.4 Å². The number of aromatic hydroxyl groups is 1. The Labute approximate surface area is 183 Å². The van der Waals surface area contributed by atoms with E-state index < -0.39 is 11.5 Å². The summed E-state index contributed by atoms with van der Waals surface area (Å²) in [5.74, 6) is -0.543. The Bertz CT molecular complexity index is 1330. The van der Waals surface area contributed by atoms with Gasteiger partial charge < -0.3 is 14.6 Å². The van der Waals surface area contributed by atoms with Gasteiger partial charge in [0.05, 0.1) is 6.21 Å². The van der Waals surface area contributed by atoms with Gasteiger partial charge in [0, 0.05) is 32.2 Å². The molecule has 0 bridgehead atoms. The standard InChI is InChI=1S/C21H13BrN2O4.Co/c22-14-6-8-19-13(9-14)10-16(21(27)28-19)20(26)24-23-11-17-15-4-2-1-3-12(15)5-7-18(17)25;/h1-11,25H,(H,24,26);/b23-11+;. The molecule has 4 rings (SSSR count). The van der Waals surface area contributed by atoms with E-state index in [1.807, 2.05) is 24.3 Å². The quantitative estimate of drug-likeness (QED) is 0.185. The maximum atomic E-state index is 12.1. The van der Waals surface area contributed by atoms with Gasteiger partial charge in [-0.25, -0.2) is 4.79 Å². The summed E-state index contributed by atoms with van der Waals surface area (Å²) >= 11 is 3.35. The molecule has 0 saturated heterocycles. The van der Waals surface area contributed by atoms with Crippen LogP contribution in [0.4, 0.5) is 0 Å². The van der Waals surface area contributed by atoms with Crippen molar-refractivity contribution in [3.63, 3.8) is 0 Å². The van der Waals surface area contributed by atoms with Crippen molar-refractivity contribution in [1.82, 2.24) is 0 Å². The van der Waals surface area contributed by atoms with Crippen molar-refractivity contribution in [3.05, 3.63) is 86.7 Å². The van der Waals surface area contributed by atoms with E-state index in [1.165, 1.54) is 12.3 Å². The third-order valence-electron chi connectivity index (χ3n) is 4.22. The minimum Gasteiger partial charge on any atom is -0.507 e. The summed E-state index contributed by atoms with van der Waals surface area (Å²) in [6.07, 6.45) is 1.33. The molecule has 0 aliphatic carbocycles. The van der Waals surface area contributed by atoms with Gasteiger partial charge in [0.25, 0.3) is 0 Å². The first-order valence-corrected chi connectivity index (χ1v) is 9.07. The average molecular weight is 496 g/mol. The second-order valence-corrected chi connectivity index (χ2v) is 6.93. The fraction of sp³-hybridized carbons (Fsp3) is 0. The molecule has 0 fully saturated rings. The van der Waals surface area contributed by atoms with Crippen molar-refractivity contribution in [1.29, 1.82) is 0 Å². The second kappa shape index (κ2) is 8.60. The molecule has 2 N–H and O–H groups in total. The van der Waals surface area contributed by atoms with Gasteiger partial charge in [0.1, 0.15) is 16.9 Å². The van der Waals surface area contributed by atoms with Crippen LogP contribution >= 0.6 is 15.9 Å². The molecule has 0 saturated carbocycles. The summed E-state index contributed by atoms with van der Waals surface area (Å²) in [7, 11) is 0. The van der Waals surface area contributed by atoms with Gasteiger partial charge in [-0.1, -0.05) is 46.3 Å². The third kappa shape index (κ3) is 4.24. The fourth-order valence-corrected chi connectivity index (χ4v) is 3.24. The molecule has 6 nitrogen and oxygen atoms in total. The molecule has 29 heavy (non-hydrogen) atoms. The number of phenols is 1. The number of rotatable bonds is 3. The van der Waals surface area contributed by atoms with Crippen LogP contribution in [0, 0.1) is 0 Å². The Morgan fingerprint density at radius 3 is 2.66 bits per heavy atom. The van der Waals surface area contributed by atoms with Crippen molar-refractivity contribution < 1.29 is 31.4 Å². The summed E-state index contributed by atoms with van der Waals surface area (Å²) < 4.78 is 6.01. The van der Waals surface area contributed by atoms with E-state index in [0.29, 0.717) is 16.5 Å². The van der Waals surface area contributed by atoms with Crippen LogP contribution in [0.3, 0.4) is 0 Å². The average Bonchev–Trinajstić information content (AvgIpc) is 2.69. The molecule has 1 heterocycles. The first-order valence-electron chi connectivity index (χ1n) is 8.27. The first-order chi connectivity index (χ1) is 13.5. The monoisotopic (exact) mass is 495 g/mol. The van der Waals surface area contributed by atoms with Crippen LogP contribution in [-0.2, 0) is 16.8 Å². The van der Waals surface area contributed by atoms with Crippen LogP contribution in [0.2, 0.25) is 0 Å². The predicted octanol–water partition coefficient (Wildman–Crippen LogP) is 4.75. The third-order valence-corrected chi connectivity index (χ3v) is 4.72. The molecule has 1 radical (unpaired) electrons. The minimum absolute atomic E-state index is 0. The number of nitrogens with zero attached hydrogens (tertiary/aromatic N) is 2. The van der Waals surface area contributed by atoms with Crippen molar-refractivity contribution in [2.75, 3.05) is 0 Å². The van der Waals surface area contributed by atoms with Crippen LogP contribution in [0.1, 0.15) is 11.1 Å². The maximum Gasteiger partial charge on any atom is 0.349 e. The Morgan fingerprint density at radius 2 is 1.83 bits per heavy atom. The Kier molecular flexibility index (Phi) is 6.16. The molecule has 0 aliphatic heterocycles. The molecule has 8 heteroatoms. The van der Waals surface area contributed by atoms with Crippen molar-refractivity contribution >= 4 is 49.8 Å². The van der Waals surface area contributed by atoms with E-state index in [9.17, 15) is 15.0 Å². The Morgan fingerprint density at radius 1 is 1.03 bits per heavy atom. The number of benzene rings is 3. The van der Waals surface area contributed by atoms with E-state index in [1.54, 1.807) is 30.3 Å². The largest absolute Gasteiger partial charge is 0.507 e. The van der Waals surface area contributed by atoms with Gasteiger partial charge in [0.15, 0.2) is 0 Å². The molecule has 0 unspecified atom stereocenters. The van der Waals surface area contributed by atoms with Gasteiger partial charge in [0.2, 0.25) is 5.90 Å². The molecule has 4 aromatic rings. The first kappa shape index (κ1) is 20.8. The number of halogens is 1. The number of phenolic OH excluding ortho intramolecular Hbond substituents is 1. The summed E-state index contributed by atoms with van der Waals surface area (Å²) in [5, 5.41) is 30.2. The smallest absolute Gasteiger partial charge is 0.349 e. The van der Waals surface area contributed by atoms with Gasteiger partial charge in [-0.2, -0.15) is 5.10 Å². The number of hydrogen-bond acceptors (Lipinski definition) is 5. The zero-order chi connectivity index (χ0) is 19.7. The number of aliphatic hydroxyl groups is 1. The normalized spacial score (nSPS) is 11.8. The molecule has 1 aromatic heterocycles. The molecule has 0 amide bonds. The summed E-state index contributed by atoms with van der Waals surface area (Å²) in [4.78, 5) is 12.1. The molecular formula is C21H13BrCoN2O4. The Hall–Kier alpha value is -2.94. The maximum absolute atomic E-state index is 12.1. The molecule has 0 spiro atoms. The van der Waals surface area contributed by atoms with Crippen molar-refractivity contribution in [2.24, 2.45) is 10.2 Å². The zero-order valence-corrected chi connectivity index (χ0v) is 17.3. The van der Waals surface area contributed by atoms with Gasteiger partial charge in [-0.15, -0.1) is 5.10 Å². The van der Waals surface area contributed by atoms with E-state index >= 15 is 0 Å². The van der Waals surface area contributed by atoms with E-state index in [2.05, 4.69) is 26.1 Å². The van der Waals surface area contributed by atoms with Gasteiger partial charge in [-0.3, -0.25) is 0 Å². The van der Waals surface area contributed by atoms with Crippen LogP contribution in [0.15, 0.2) is 84.6 Å². The number of hydrogen-bond donors (Lipinski definition) is 2. The molecule has 147 valence electrons. The van der Waals surface area contributed by atoms with E-state index in [4.69, 9.17) is 4.42 Å². The SMILES string of the molecule is O=c1oc2ccc(Br)cc2cc1/C(O)=N/N=C/c1c(O)ccc2ccccc12.[Co]. The summed E-state index contributed by atoms with van der Waals surface area (Å²) in [6, 6.07) is 17.5. The summed E-state index contributed by atoms with van der Waals surface area (Å²) in [5.41, 5.74) is 0.0298. The van der Waals surface area contributed by atoms with Crippen LogP contribution < -0.4 is 5.63 Å². The molecule has 3 aromatic carbocycles. The molecular weight excluding hydrogens is 483 g/mol. The van der Waals surface area contributed by atoms with Gasteiger partial charge >= 0.3 is 5.63 Å². The van der Waals surface area contributed by atoms with E-state index in [0.717, 1.165) is 15.2 Å². The van der Waals surface area contributed by atoms with Gasteiger partial charge in [-0.05, 0) is 41.1 Å². The summed E-state index contributed by atoms with van der Waals surface area (Å²) in [6.45, 7) is 0. The fourth-order valence-electron chi connectivity index (χ4n) is 2.87. The number of aliphatic hydroxyl groups excluding tert-OH is 1.